The van der Waals surface area contributed by atoms with Crippen LogP contribution in [-0.2, 0) is 6.42 Å². The third-order valence-corrected chi connectivity index (χ3v) is 5.56. The molecule has 0 atom stereocenters. The van der Waals surface area contributed by atoms with Crippen molar-refractivity contribution in [3.05, 3.63) is 104 Å². The van der Waals surface area contributed by atoms with Crippen LogP contribution in [0.1, 0.15) is 21.6 Å². The van der Waals surface area contributed by atoms with Crippen LogP contribution >= 0.6 is 11.3 Å². The second-order valence-corrected chi connectivity index (χ2v) is 7.95. The van der Waals surface area contributed by atoms with Crippen LogP contribution in [0.5, 0.6) is 23.1 Å². The lowest BCUT2D eigenvalue weighted by molar-refractivity contribution is 0.415. The van der Waals surface area contributed by atoms with Gasteiger partial charge in [0.2, 0.25) is 5.88 Å². The normalized spacial score (nSPS) is 11.0. The van der Waals surface area contributed by atoms with Crippen LogP contribution in [0.4, 0.5) is 0 Å². The number of aromatic amines is 1. The van der Waals surface area contributed by atoms with Gasteiger partial charge in [0.25, 0.3) is 0 Å². The number of aromatic hydroxyl groups is 1. The van der Waals surface area contributed by atoms with E-state index in [4.69, 9.17) is 9.47 Å². The molecule has 4 aromatic rings. The average molecular weight is 432 g/mol. The van der Waals surface area contributed by atoms with Crippen LogP contribution in [0.3, 0.4) is 0 Å². The van der Waals surface area contributed by atoms with Gasteiger partial charge in [-0.1, -0.05) is 59.9 Å². The summed E-state index contributed by atoms with van der Waals surface area (Å²) in [6.07, 6.45) is 4.59. The van der Waals surface area contributed by atoms with Crippen molar-refractivity contribution in [2.24, 2.45) is 0 Å². The molecular formula is C25H21NO4S. The van der Waals surface area contributed by atoms with Gasteiger partial charge in [-0.15, -0.1) is 0 Å². The molecule has 0 aliphatic heterocycles. The minimum Gasteiger partial charge on any atom is -0.497 e. The molecule has 31 heavy (non-hydrogen) atoms. The van der Waals surface area contributed by atoms with Gasteiger partial charge in [0.05, 0.1) is 12.0 Å². The Hall–Kier alpha value is -3.77. The van der Waals surface area contributed by atoms with Gasteiger partial charge in [0.1, 0.15) is 17.2 Å². The molecule has 0 unspecified atom stereocenters. The van der Waals surface area contributed by atoms with E-state index in [0.717, 1.165) is 45.3 Å². The Labute approximate surface area is 183 Å². The van der Waals surface area contributed by atoms with Gasteiger partial charge in [-0.05, 0) is 53.1 Å². The van der Waals surface area contributed by atoms with Crippen molar-refractivity contribution in [2.45, 2.75) is 6.42 Å². The van der Waals surface area contributed by atoms with Crippen LogP contribution in [-0.4, -0.2) is 17.2 Å². The summed E-state index contributed by atoms with van der Waals surface area (Å²) in [5.41, 5.74) is 3.15. The Morgan fingerprint density at radius 3 is 1.84 bits per heavy atom. The van der Waals surface area contributed by atoms with E-state index in [1.54, 1.807) is 7.11 Å². The molecule has 1 heterocycles. The van der Waals surface area contributed by atoms with Gasteiger partial charge in [0.15, 0.2) is 0 Å². The molecular weight excluding hydrogens is 410 g/mol. The molecule has 6 heteroatoms. The van der Waals surface area contributed by atoms with E-state index in [1.165, 1.54) is 0 Å². The largest absolute Gasteiger partial charge is 0.497 e. The summed E-state index contributed by atoms with van der Waals surface area (Å²) in [5.74, 6) is 2.25. The Morgan fingerprint density at radius 2 is 1.35 bits per heavy atom. The smallest absolute Gasteiger partial charge is 0.307 e. The zero-order valence-corrected chi connectivity index (χ0v) is 17.7. The van der Waals surface area contributed by atoms with Crippen molar-refractivity contribution in [3.63, 3.8) is 0 Å². The lowest BCUT2D eigenvalue weighted by atomic mass is 10.1. The second-order valence-electron chi connectivity index (χ2n) is 6.88. The highest BCUT2D eigenvalue weighted by Crippen LogP contribution is 2.25. The molecule has 0 radical (unpaired) electrons. The maximum Gasteiger partial charge on any atom is 0.307 e. The third kappa shape index (κ3) is 5.43. The van der Waals surface area contributed by atoms with E-state index in [1.807, 2.05) is 84.9 Å². The molecule has 1 aromatic heterocycles. The number of benzene rings is 3. The van der Waals surface area contributed by atoms with E-state index < -0.39 is 0 Å². The first-order chi connectivity index (χ1) is 15.1. The molecule has 156 valence electrons. The number of hydrogen-bond acceptors (Lipinski definition) is 5. The number of H-pyrrole nitrogens is 1. The number of methoxy groups -OCH3 is 1. The van der Waals surface area contributed by atoms with Crippen molar-refractivity contribution >= 4 is 23.5 Å². The van der Waals surface area contributed by atoms with Gasteiger partial charge >= 0.3 is 4.87 Å². The first-order valence-corrected chi connectivity index (χ1v) is 10.5. The molecule has 0 spiro atoms. The summed E-state index contributed by atoms with van der Waals surface area (Å²) in [7, 11) is 1.66. The number of hydrogen-bond donors (Lipinski definition) is 2. The highest BCUT2D eigenvalue weighted by atomic mass is 32.1. The predicted molar refractivity (Wildman–Crippen MR) is 124 cm³/mol. The van der Waals surface area contributed by atoms with Gasteiger partial charge in [-0.25, -0.2) is 0 Å². The van der Waals surface area contributed by atoms with E-state index in [-0.39, 0.29) is 10.8 Å². The molecule has 3 aromatic carbocycles. The quantitative estimate of drug-likeness (QED) is 0.368. The lowest BCUT2D eigenvalue weighted by Gasteiger charge is -2.07. The van der Waals surface area contributed by atoms with E-state index in [2.05, 4.69) is 4.98 Å². The highest BCUT2D eigenvalue weighted by molar-refractivity contribution is 7.09. The molecule has 2 N–H and O–H groups in total. The van der Waals surface area contributed by atoms with E-state index in [0.29, 0.717) is 11.3 Å². The molecule has 0 bridgehead atoms. The number of ether oxygens (including phenoxy) is 2. The van der Waals surface area contributed by atoms with Crippen molar-refractivity contribution in [1.29, 1.82) is 0 Å². The lowest BCUT2D eigenvalue weighted by Crippen LogP contribution is -1.89. The average Bonchev–Trinajstić information content (AvgIpc) is 3.11. The first kappa shape index (κ1) is 20.5. The fraction of sp³-hybridized carbons (Fsp3) is 0.0800. The minimum atomic E-state index is -0.255. The topological polar surface area (TPSA) is 71.5 Å². The first-order valence-electron chi connectivity index (χ1n) is 9.69. The fourth-order valence-electron chi connectivity index (χ4n) is 3.02. The summed E-state index contributed by atoms with van der Waals surface area (Å²) >= 11 is 1.02. The number of rotatable bonds is 7. The summed E-state index contributed by atoms with van der Waals surface area (Å²) in [4.78, 5) is 14.0. The number of aromatic nitrogens is 1. The summed E-state index contributed by atoms with van der Waals surface area (Å²) in [6, 6.07) is 23.3. The zero-order valence-electron chi connectivity index (χ0n) is 16.9. The zero-order chi connectivity index (χ0) is 21.6. The standard InChI is InChI=1S/C25H21NO4S/c1-29-20-10-4-17(5-11-20)2-3-18-6-12-21(13-7-18)30-22-14-8-19(9-15-22)16-23-24(27)26-25(28)31-23/h2-15,27H,16H2,1H3,(H,26,28). The Morgan fingerprint density at radius 1 is 0.839 bits per heavy atom. The molecule has 0 aliphatic carbocycles. The molecule has 0 aliphatic rings. The van der Waals surface area contributed by atoms with Crippen molar-refractivity contribution in [3.8, 4) is 23.1 Å². The van der Waals surface area contributed by atoms with Gasteiger partial charge in [-0.3, -0.25) is 9.78 Å². The molecule has 0 saturated heterocycles. The molecule has 0 saturated carbocycles. The van der Waals surface area contributed by atoms with Crippen LogP contribution in [0.15, 0.2) is 77.6 Å². The highest BCUT2D eigenvalue weighted by Gasteiger charge is 2.08. The molecule has 5 nitrogen and oxygen atoms in total. The summed E-state index contributed by atoms with van der Waals surface area (Å²) in [6.45, 7) is 0. The third-order valence-electron chi connectivity index (χ3n) is 4.69. The predicted octanol–water partition coefficient (Wildman–Crippen LogP) is 5.70. The van der Waals surface area contributed by atoms with Gasteiger partial charge in [0, 0.05) is 6.42 Å². The molecule has 0 fully saturated rings. The Kier molecular flexibility index (Phi) is 6.19. The van der Waals surface area contributed by atoms with Crippen LogP contribution in [0.2, 0.25) is 0 Å². The summed E-state index contributed by atoms with van der Waals surface area (Å²) < 4.78 is 11.1. The minimum absolute atomic E-state index is 0.0588. The Balaban J connectivity index is 1.36. The van der Waals surface area contributed by atoms with Crippen molar-refractivity contribution in [2.75, 3.05) is 7.11 Å². The van der Waals surface area contributed by atoms with Gasteiger partial charge in [-0.2, -0.15) is 0 Å². The maximum absolute atomic E-state index is 11.3. The van der Waals surface area contributed by atoms with Crippen molar-refractivity contribution < 1.29 is 14.6 Å². The van der Waals surface area contributed by atoms with Crippen LogP contribution in [0.25, 0.3) is 12.2 Å². The van der Waals surface area contributed by atoms with Crippen LogP contribution in [0, 0.1) is 0 Å². The number of thiazole rings is 1. The van der Waals surface area contributed by atoms with Gasteiger partial charge < -0.3 is 14.6 Å². The molecule has 0 amide bonds. The second kappa shape index (κ2) is 9.36. The number of nitrogens with one attached hydrogen (secondary N) is 1. The SMILES string of the molecule is COc1ccc(C=Cc2ccc(Oc3ccc(Cc4sc(=O)[nH]c4O)cc3)cc2)cc1. The van der Waals surface area contributed by atoms with E-state index >= 15 is 0 Å². The molecule has 4 rings (SSSR count). The summed E-state index contributed by atoms with van der Waals surface area (Å²) in [5, 5.41) is 9.71. The Bertz CT molecular complexity index is 1220. The van der Waals surface area contributed by atoms with Crippen LogP contribution < -0.4 is 14.3 Å². The van der Waals surface area contributed by atoms with E-state index in [9.17, 15) is 9.90 Å². The monoisotopic (exact) mass is 431 g/mol. The van der Waals surface area contributed by atoms with Crippen molar-refractivity contribution in [1.82, 2.24) is 4.98 Å². The fourth-order valence-corrected chi connectivity index (χ4v) is 3.78. The maximum atomic E-state index is 11.3.